The van der Waals surface area contributed by atoms with Crippen molar-refractivity contribution in [2.45, 2.75) is 19.4 Å². The molecule has 0 spiro atoms. The van der Waals surface area contributed by atoms with Crippen molar-refractivity contribution >= 4 is 0 Å². The van der Waals surface area contributed by atoms with Crippen molar-refractivity contribution in [2.75, 3.05) is 6.54 Å². The standard InChI is InChI=1S/C14H19N3O/c1-11(14-16-9-10-17(14)2)15-8-7-12-5-3-4-6-13(12)18/h3-6,9-11,15,18H,7-8H2,1-2H3. The highest BCUT2D eigenvalue weighted by Gasteiger charge is 2.09. The molecule has 96 valence electrons. The first-order valence-electron chi connectivity index (χ1n) is 6.16. The third-order valence-electron chi connectivity index (χ3n) is 3.08. The molecule has 0 saturated carbocycles. The van der Waals surface area contributed by atoms with Crippen LogP contribution >= 0.6 is 0 Å². The van der Waals surface area contributed by atoms with Crippen LogP contribution in [0.2, 0.25) is 0 Å². The fraction of sp³-hybridized carbons (Fsp3) is 0.357. The molecule has 1 heterocycles. The van der Waals surface area contributed by atoms with E-state index in [9.17, 15) is 5.11 Å². The highest BCUT2D eigenvalue weighted by molar-refractivity contribution is 5.31. The topological polar surface area (TPSA) is 50.1 Å². The van der Waals surface area contributed by atoms with E-state index in [-0.39, 0.29) is 6.04 Å². The van der Waals surface area contributed by atoms with Gasteiger partial charge in [-0.2, -0.15) is 0 Å². The molecule has 1 atom stereocenters. The molecular formula is C14H19N3O. The molecular weight excluding hydrogens is 226 g/mol. The van der Waals surface area contributed by atoms with E-state index in [1.807, 2.05) is 36.0 Å². The van der Waals surface area contributed by atoms with Gasteiger partial charge in [0.15, 0.2) is 0 Å². The molecule has 2 N–H and O–H groups in total. The Morgan fingerprint density at radius 1 is 1.39 bits per heavy atom. The Kier molecular flexibility index (Phi) is 3.99. The Bertz CT molecular complexity index is 507. The zero-order valence-electron chi connectivity index (χ0n) is 10.8. The average molecular weight is 245 g/mol. The molecule has 18 heavy (non-hydrogen) atoms. The van der Waals surface area contributed by atoms with Crippen LogP contribution in [0.5, 0.6) is 5.75 Å². The molecule has 2 rings (SSSR count). The molecule has 0 aliphatic carbocycles. The van der Waals surface area contributed by atoms with Crippen molar-refractivity contribution in [3.8, 4) is 5.75 Å². The maximum atomic E-state index is 9.66. The van der Waals surface area contributed by atoms with Gasteiger partial charge in [-0.1, -0.05) is 18.2 Å². The summed E-state index contributed by atoms with van der Waals surface area (Å²) in [4.78, 5) is 4.31. The minimum absolute atomic E-state index is 0.204. The van der Waals surface area contributed by atoms with Gasteiger partial charge in [0.05, 0.1) is 6.04 Å². The summed E-state index contributed by atoms with van der Waals surface area (Å²) in [6.45, 7) is 2.90. The van der Waals surface area contributed by atoms with Crippen LogP contribution in [0.15, 0.2) is 36.7 Å². The number of benzene rings is 1. The second-order valence-corrected chi connectivity index (χ2v) is 4.45. The minimum atomic E-state index is 0.204. The van der Waals surface area contributed by atoms with Crippen molar-refractivity contribution in [3.05, 3.63) is 48.0 Å². The second kappa shape index (κ2) is 5.69. The van der Waals surface area contributed by atoms with E-state index >= 15 is 0 Å². The summed E-state index contributed by atoms with van der Waals surface area (Å²) in [6, 6.07) is 7.65. The number of hydrogen-bond acceptors (Lipinski definition) is 3. The van der Waals surface area contributed by atoms with Crippen molar-refractivity contribution < 1.29 is 5.11 Å². The zero-order valence-corrected chi connectivity index (χ0v) is 10.8. The first-order chi connectivity index (χ1) is 8.68. The number of nitrogens with zero attached hydrogens (tertiary/aromatic N) is 2. The molecule has 2 aromatic rings. The lowest BCUT2D eigenvalue weighted by atomic mass is 10.1. The van der Waals surface area contributed by atoms with Crippen LogP contribution in [-0.2, 0) is 13.5 Å². The van der Waals surface area contributed by atoms with Crippen molar-refractivity contribution in [1.29, 1.82) is 0 Å². The van der Waals surface area contributed by atoms with Crippen LogP contribution in [0.25, 0.3) is 0 Å². The maximum absolute atomic E-state index is 9.66. The summed E-state index contributed by atoms with van der Waals surface area (Å²) >= 11 is 0. The summed E-state index contributed by atoms with van der Waals surface area (Å²) in [7, 11) is 1.99. The van der Waals surface area contributed by atoms with Crippen LogP contribution in [0.1, 0.15) is 24.4 Å². The van der Waals surface area contributed by atoms with Crippen molar-refractivity contribution in [2.24, 2.45) is 7.05 Å². The van der Waals surface area contributed by atoms with Gasteiger partial charge in [-0.15, -0.1) is 0 Å². The SMILES string of the molecule is CC(NCCc1ccccc1O)c1nccn1C. The van der Waals surface area contributed by atoms with E-state index < -0.39 is 0 Å². The monoisotopic (exact) mass is 245 g/mol. The third kappa shape index (κ3) is 2.90. The molecule has 0 radical (unpaired) electrons. The number of aryl methyl sites for hydroxylation is 1. The average Bonchev–Trinajstić information content (AvgIpc) is 2.78. The fourth-order valence-electron chi connectivity index (χ4n) is 2.03. The van der Waals surface area contributed by atoms with Crippen molar-refractivity contribution in [3.63, 3.8) is 0 Å². The van der Waals surface area contributed by atoms with Crippen LogP contribution < -0.4 is 5.32 Å². The van der Waals surface area contributed by atoms with Gasteiger partial charge in [0.2, 0.25) is 0 Å². The van der Waals surface area contributed by atoms with Gasteiger partial charge in [0.25, 0.3) is 0 Å². The number of imidazole rings is 1. The predicted octanol–water partition coefficient (Wildman–Crippen LogP) is 2.02. The van der Waals surface area contributed by atoms with E-state index in [4.69, 9.17) is 0 Å². The van der Waals surface area contributed by atoms with E-state index in [2.05, 4.69) is 17.2 Å². The normalized spacial score (nSPS) is 12.6. The lowest BCUT2D eigenvalue weighted by Crippen LogP contribution is -2.23. The number of nitrogens with one attached hydrogen (secondary N) is 1. The van der Waals surface area contributed by atoms with E-state index in [1.54, 1.807) is 12.3 Å². The Morgan fingerprint density at radius 2 is 2.17 bits per heavy atom. The lowest BCUT2D eigenvalue weighted by molar-refractivity contribution is 0.464. The summed E-state index contributed by atoms with van der Waals surface area (Å²) in [5, 5.41) is 13.1. The van der Waals surface area contributed by atoms with Gasteiger partial charge >= 0.3 is 0 Å². The Hall–Kier alpha value is -1.81. The first-order valence-corrected chi connectivity index (χ1v) is 6.16. The van der Waals surface area contributed by atoms with Gasteiger partial charge in [-0.05, 0) is 31.5 Å². The molecule has 0 aliphatic heterocycles. The summed E-state index contributed by atoms with van der Waals surface area (Å²) in [6.07, 6.45) is 4.55. The Labute approximate surface area is 107 Å². The maximum Gasteiger partial charge on any atom is 0.125 e. The number of para-hydroxylation sites is 1. The number of phenols is 1. The third-order valence-corrected chi connectivity index (χ3v) is 3.08. The van der Waals surface area contributed by atoms with Crippen LogP contribution in [0, 0.1) is 0 Å². The fourth-order valence-corrected chi connectivity index (χ4v) is 2.03. The molecule has 4 heteroatoms. The summed E-state index contributed by atoms with van der Waals surface area (Å²) in [5.41, 5.74) is 0.969. The van der Waals surface area contributed by atoms with Gasteiger partial charge in [0, 0.05) is 19.4 Å². The zero-order chi connectivity index (χ0) is 13.0. The van der Waals surface area contributed by atoms with Gasteiger partial charge in [0.1, 0.15) is 11.6 Å². The molecule has 0 amide bonds. The molecule has 0 bridgehead atoms. The number of aromatic hydroxyl groups is 1. The second-order valence-electron chi connectivity index (χ2n) is 4.45. The van der Waals surface area contributed by atoms with Gasteiger partial charge in [-0.25, -0.2) is 4.98 Å². The number of phenolic OH excluding ortho intramolecular Hbond substituents is 1. The molecule has 1 aromatic heterocycles. The number of hydrogen-bond donors (Lipinski definition) is 2. The van der Waals surface area contributed by atoms with Crippen molar-refractivity contribution in [1.82, 2.24) is 14.9 Å². The molecule has 0 aliphatic rings. The van der Waals surface area contributed by atoms with Crippen LogP contribution in [0.3, 0.4) is 0 Å². The highest BCUT2D eigenvalue weighted by Crippen LogP contribution is 2.16. The molecule has 4 nitrogen and oxygen atoms in total. The Balaban J connectivity index is 1.86. The summed E-state index contributed by atoms with van der Waals surface area (Å²) < 4.78 is 2.01. The lowest BCUT2D eigenvalue weighted by Gasteiger charge is -2.13. The van der Waals surface area contributed by atoms with E-state index in [0.717, 1.165) is 24.4 Å². The molecule has 1 aromatic carbocycles. The summed E-state index contributed by atoms with van der Waals surface area (Å²) in [5.74, 6) is 1.39. The molecule has 0 fully saturated rings. The minimum Gasteiger partial charge on any atom is -0.508 e. The predicted molar refractivity (Wildman–Crippen MR) is 71.4 cm³/mol. The molecule has 0 saturated heterocycles. The van der Waals surface area contributed by atoms with Gasteiger partial charge in [-0.3, -0.25) is 0 Å². The Morgan fingerprint density at radius 3 is 2.83 bits per heavy atom. The highest BCUT2D eigenvalue weighted by atomic mass is 16.3. The van der Waals surface area contributed by atoms with E-state index in [1.165, 1.54) is 0 Å². The quantitative estimate of drug-likeness (QED) is 0.847. The first kappa shape index (κ1) is 12.6. The smallest absolute Gasteiger partial charge is 0.125 e. The largest absolute Gasteiger partial charge is 0.508 e. The van der Waals surface area contributed by atoms with Crippen LogP contribution in [-0.4, -0.2) is 21.2 Å². The van der Waals surface area contributed by atoms with E-state index in [0.29, 0.717) is 5.75 Å². The molecule has 1 unspecified atom stereocenters. The number of aromatic nitrogens is 2. The van der Waals surface area contributed by atoms with Gasteiger partial charge < -0.3 is 15.0 Å². The number of rotatable bonds is 5. The van der Waals surface area contributed by atoms with Crippen LogP contribution in [0.4, 0.5) is 0 Å².